The molecule has 0 saturated heterocycles. The molecule has 2 aromatic rings. The number of aromatic amines is 2. The van der Waals surface area contributed by atoms with Crippen LogP contribution in [-0.2, 0) is 0 Å². The van der Waals surface area contributed by atoms with Gasteiger partial charge in [0.05, 0.1) is 11.0 Å². The molecule has 1 aromatic heterocycles. The summed E-state index contributed by atoms with van der Waals surface area (Å²) in [6.07, 6.45) is 0. The van der Waals surface area contributed by atoms with E-state index in [0.717, 1.165) is 11.0 Å². The van der Waals surface area contributed by atoms with Gasteiger partial charge in [-0.25, -0.2) is 4.79 Å². The van der Waals surface area contributed by atoms with Crippen molar-refractivity contribution in [1.82, 2.24) is 9.97 Å². The van der Waals surface area contributed by atoms with Crippen LogP contribution in [0.15, 0.2) is 15.0 Å². The molecule has 1 aromatic carbocycles. The molecule has 0 amide bonds. The van der Waals surface area contributed by atoms with E-state index in [9.17, 15) is 4.79 Å². The van der Waals surface area contributed by atoms with E-state index in [-0.39, 0.29) is 5.69 Å². The number of rotatable bonds is 1. The number of benzene rings is 1. The van der Waals surface area contributed by atoms with Gasteiger partial charge in [0.1, 0.15) is 0 Å². The fraction of sp³-hybridized carbons (Fsp3) is 0.533. The van der Waals surface area contributed by atoms with Crippen LogP contribution in [-0.4, -0.2) is 24.1 Å². The van der Waals surface area contributed by atoms with Gasteiger partial charge < -0.3 is 9.97 Å². The quantitative estimate of drug-likeness (QED) is 0.767. The van der Waals surface area contributed by atoms with Crippen LogP contribution in [0, 0.1) is 20.8 Å². The van der Waals surface area contributed by atoms with Gasteiger partial charge in [0.25, 0.3) is 0 Å². The Morgan fingerprint density at radius 3 is 1.70 bits per heavy atom. The summed E-state index contributed by atoms with van der Waals surface area (Å²) in [4.78, 5) is 17.1. The van der Waals surface area contributed by atoms with Crippen molar-refractivity contribution in [1.29, 1.82) is 0 Å². The zero-order chi connectivity index (χ0) is 15.4. The molecular weight excluding hydrogens is 252 g/mol. The van der Waals surface area contributed by atoms with E-state index in [0.29, 0.717) is 5.92 Å². The summed E-state index contributed by atoms with van der Waals surface area (Å²) in [5, 5.41) is 6.72. The number of nitrogens with one attached hydrogen (secondary N) is 2. The number of nitrogens with zero attached hydrogens (tertiary/aromatic N) is 2. The van der Waals surface area contributed by atoms with Gasteiger partial charge in [-0.05, 0) is 48.9 Å². The minimum atomic E-state index is -0.124. The van der Waals surface area contributed by atoms with Gasteiger partial charge in [0.15, 0.2) is 0 Å². The Morgan fingerprint density at radius 1 is 0.850 bits per heavy atom. The van der Waals surface area contributed by atoms with E-state index in [1.54, 1.807) is 14.1 Å². The number of H-pyrrole nitrogens is 2. The highest BCUT2D eigenvalue weighted by Gasteiger charge is 2.15. The summed E-state index contributed by atoms with van der Waals surface area (Å²) in [6.45, 7) is 10.6. The highest BCUT2D eigenvalue weighted by Crippen LogP contribution is 2.31. The molecule has 2 rings (SSSR count). The molecule has 20 heavy (non-hydrogen) atoms. The van der Waals surface area contributed by atoms with E-state index < -0.39 is 0 Å². The highest BCUT2D eigenvalue weighted by molar-refractivity contribution is 5.84. The standard InChI is InChI=1S/C13H18N2O.C2H6N2/c1-6(2)10-7(3)8(4)11-12(9(10)5)15-13(16)14-11;1-3-4-2/h6H,1-5H3,(H2,14,15,16);1-2H3. The molecule has 0 saturated carbocycles. The first kappa shape index (κ1) is 16.1. The van der Waals surface area contributed by atoms with Gasteiger partial charge in [-0.2, -0.15) is 10.2 Å². The summed E-state index contributed by atoms with van der Waals surface area (Å²) in [6, 6.07) is 0. The van der Waals surface area contributed by atoms with Gasteiger partial charge in [-0.1, -0.05) is 13.8 Å². The lowest BCUT2D eigenvalue weighted by molar-refractivity contribution is 0.846. The molecule has 0 radical (unpaired) electrons. The SMILES string of the molecule is CN=NC.Cc1c(C(C)C)c(C)c2[nH]c(=O)[nH]c2c1C. The zero-order valence-corrected chi connectivity index (χ0v) is 13.4. The Bertz CT molecular complexity index is 673. The fourth-order valence-electron chi connectivity index (χ4n) is 2.62. The minimum absolute atomic E-state index is 0.124. The molecular formula is C15H24N4O. The van der Waals surface area contributed by atoms with E-state index >= 15 is 0 Å². The molecule has 0 aliphatic rings. The Morgan fingerprint density at radius 2 is 1.30 bits per heavy atom. The van der Waals surface area contributed by atoms with Crippen LogP contribution < -0.4 is 5.69 Å². The predicted octanol–water partition coefficient (Wildman–Crippen LogP) is 3.60. The predicted molar refractivity (Wildman–Crippen MR) is 83.9 cm³/mol. The summed E-state index contributed by atoms with van der Waals surface area (Å²) in [5.74, 6) is 0.474. The average Bonchev–Trinajstić information content (AvgIpc) is 2.79. The zero-order valence-electron chi connectivity index (χ0n) is 13.4. The molecule has 1 heterocycles. The number of aryl methyl sites for hydroxylation is 2. The fourth-order valence-corrected chi connectivity index (χ4v) is 2.62. The molecule has 0 unspecified atom stereocenters. The van der Waals surface area contributed by atoms with Crippen LogP contribution in [0.2, 0.25) is 0 Å². The molecule has 0 spiro atoms. The second-order valence-electron chi connectivity index (χ2n) is 5.17. The summed E-state index contributed by atoms with van der Waals surface area (Å²) >= 11 is 0. The lowest BCUT2D eigenvalue weighted by atomic mass is 9.89. The Labute approximate surface area is 119 Å². The Kier molecular flexibility index (Phi) is 5.25. The van der Waals surface area contributed by atoms with E-state index in [2.05, 4.69) is 54.8 Å². The molecule has 5 heteroatoms. The van der Waals surface area contributed by atoms with Crippen molar-refractivity contribution in [2.24, 2.45) is 10.2 Å². The van der Waals surface area contributed by atoms with E-state index in [1.165, 1.54) is 22.3 Å². The smallest absolute Gasteiger partial charge is 0.305 e. The van der Waals surface area contributed by atoms with Gasteiger partial charge in [-0.15, -0.1) is 0 Å². The molecule has 0 fully saturated rings. The van der Waals surface area contributed by atoms with E-state index in [1.807, 2.05) is 0 Å². The number of hydrogen-bond acceptors (Lipinski definition) is 3. The second kappa shape index (κ2) is 6.50. The average molecular weight is 276 g/mol. The van der Waals surface area contributed by atoms with Gasteiger partial charge in [0, 0.05) is 14.1 Å². The largest absolute Gasteiger partial charge is 0.323 e. The molecule has 0 aliphatic carbocycles. The summed E-state index contributed by atoms with van der Waals surface area (Å²) in [7, 11) is 3.28. The maximum absolute atomic E-state index is 11.4. The van der Waals surface area contributed by atoms with Crippen molar-refractivity contribution in [3.8, 4) is 0 Å². The normalized spacial score (nSPS) is 11.2. The van der Waals surface area contributed by atoms with Crippen molar-refractivity contribution >= 4 is 11.0 Å². The van der Waals surface area contributed by atoms with Crippen molar-refractivity contribution < 1.29 is 0 Å². The maximum Gasteiger partial charge on any atom is 0.323 e. The third-order valence-electron chi connectivity index (χ3n) is 3.62. The highest BCUT2D eigenvalue weighted by atomic mass is 16.1. The Balaban J connectivity index is 0.000000444. The molecule has 0 bridgehead atoms. The topological polar surface area (TPSA) is 73.4 Å². The van der Waals surface area contributed by atoms with Crippen LogP contribution in [0.1, 0.15) is 42.0 Å². The number of azo groups is 1. The molecule has 110 valence electrons. The van der Waals surface area contributed by atoms with E-state index in [4.69, 9.17) is 0 Å². The maximum atomic E-state index is 11.4. The number of imidazole rings is 1. The first-order chi connectivity index (χ1) is 9.34. The number of aromatic nitrogens is 2. The lowest BCUT2D eigenvalue weighted by Gasteiger charge is -2.16. The number of fused-ring (bicyclic) bond motifs is 1. The first-order valence-corrected chi connectivity index (χ1v) is 6.74. The molecule has 5 nitrogen and oxygen atoms in total. The Hall–Kier alpha value is -1.91. The van der Waals surface area contributed by atoms with Crippen LogP contribution in [0.5, 0.6) is 0 Å². The molecule has 0 aliphatic heterocycles. The summed E-state index contributed by atoms with van der Waals surface area (Å²) < 4.78 is 0. The van der Waals surface area contributed by atoms with Crippen molar-refractivity contribution in [2.75, 3.05) is 14.1 Å². The van der Waals surface area contributed by atoms with Crippen LogP contribution in [0.4, 0.5) is 0 Å². The molecule has 0 atom stereocenters. The monoisotopic (exact) mass is 276 g/mol. The van der Waals surface area contributed by atoms with Gasteiger partial charge >= 0.3 is 5.69 Å². The van der Waals surface area contributed by atoms with Gasteiger partial charge in [-0.3, -0.25) is 0 Å². The lowest BCUT2D eigenvalue weighted by Crippen LogP contribution is -2.00. The third kappa shape index (κ3) is 2.98. The van der Waals surface area contributed by atoms with Crippen molar-refractivity contribution in [3.63, 3.8) is 0 Å². The summed E-state index contributed by atoms with van der Waals surface area (Å²) in [5.41, 5.74) is 6.77. The van der Waals surface area contributed by atoms with Crippen molar-refractivity contribution in [2.45, 2.75) is 40.5 Å². The van der Waals surface area contributed by atoms with Crippen LogP contribution in [0.3, 0.4) is 0 Å². The molecule has 2 N–H and O–H groups in total. The minimum Gasteiger partial charge on any atom is -0.305 e. The van der Waals surface area contributed by atoms with Crippen LogP contribution >= 0.6 is 0 Å². The first-order valence-electron chi connectivity index (χ1n) is 6.74. The number of hydrogen-bond donors (Lipinski definition) is 2. The van der Waals surface area contributed by atoms with Gasteiger partial charge in [0.2, 0.25) is 0 Å². The van der Waals surface area contributed by atoms with Crippen molar-refractivity contribution in [3.05, 3.63) is 32.7 Å². The van der Waals surface area contributed by atoms with Crippen LogP contribution in [0.25, 0.3) is 11.0 Å². The second-order valence-corrected chi connectivity index (χ2v) is 5.17. The third-order valence-corrected chi connectivity index (χ3v) is 3.62.